The number of nitrogens with one attached hydrogen (secondary N) is 1. The standard InChI is InChI=1S/C15H13Br2F2NO/c1-2-21-15-9(5-10(16)6-12(15)17)8-20-14-7-11(18)3-4-13(14)19/h3-7,20H,2,8H2,1H3. The molecule has 112 valence electrons. The van der Waals surface area contributed by atoms with E-state index >= 15 is 0 Å². The topological polar surface area (TPSA) is 21.3 Å². The Morgan fingerprint density at radius 2 is 1.90 bits per heavy atom. The summed E-state index contributed by atoms with van der Waals surface area (Å²) in [7, 11) is 0. The van der Waals surface area contributed by atoms with Crippen molar-refractivity contribution < 1.29 is 13.5 Å². The lowest BCUT2D eigenvalue weighted by atomic mass is 10.2. The number of anilines is 1. The monoisotopic (exact) mass is 419 g/mol. The second kappa shape index (κ2) is 7.22. The van der Waals surface area contributed by atoms with Crippen LogP contribution < -0.4 is 10.1 Å². The largest absolute Gasteiger partial charge is 0.492 e. The maximum absolute atomic E-state index is 13.6. The average molecular weight is 421 g/mol. The molecule has 0 heterocycles. The van der Waals surface area contributed by atoms with E-state index in [4.69, 9.17) is 4.74 Å². The van der Waals surface area contributed by atoms with E-state index in [1.165, 1.54) is 0 Å². The van der Waals surface area contributed by atoms with Crippen molar-refractivity contribution in [1.29, 1.82) is 0 Å². The Morgan fingerprint density at radius 3 is 2.62 bits per heavy atom. The van der Waals surface area contributed by atoms with Crippen LogP contribution in [0, 0.1) is 11.6 Å². The first-order valence-electron chi connectivity index (χ1n) is 6.31. The van der Waals surface area contributed by atoms with Gasteiger partial charge in [0.2, 0.25) is 0 Å². The zero-order chi connectivity index (χ0) is 15.4. The van der Waals surface area contributed by atoms with Crippen molar-refractivity contribution in [1.82, 2.24) is 0 Å². The van der Waals surface area contributed by atoms with E-state index in [1.54, 1.807) is 0 Å². The van der Waals surface area contributed by atoms with Crippen LogP contribution in [0.25, 0.3) is 0 Å². The summed E-state index contributed by atoms with van der Waals surface area (Å²) >= 11 is 6.84. The number of halogens is 4. The van der Waals surface area contributed by atoms with E-state index in [2.05, 4.69) is 37.2 Å². The minimum Gasteiger partial charge on any atom is -0.492 e. The van der Waals surface area contributed by atoms with E-state index in [9.17, 15) is 8.78 Å². The predicted octanol–water partition coefficient (Wildman–Crippen LogP) is 5.50. The van der Waals surface area contributed by atoms with Gasteiger partial charge in [-0.05, 0) is 53.2 Å². The van der Waals surface area contributed by atoms with Gasteiger partial charge in [0.15, 0.2) is 0 Å². The van der Waals surface area contributed by atoms with Crippen LogP contribution in [-0.4, -0.2) is 6.61 Å². The summed E-state index contributed by atoms with van der Waals surface area (Å²) in [6.45, 7) is 2.72. The lowest BCUT2D eigenvalue weighted by Gasteiger charge is -2.14. The quantitative estimate of drug-likeness (QED) is 0.689. The normalized spacial score (nSPS) is 10.5. The molecule has 0 bridgehead atoms. The zero-order valence-electron chi connectivity index (χ0n) is 11.2. The molecule has 1 N–H and O–H groups in total. The van der Waals surface area contributed by atoms with Crippen molar-refractivity contribution in [2.24, 2.45) is 0 Å². The van der Waals surface area contributed by atoms with E-state index in [1.807, 2.05) is 19.1 Å². The van der Waals surface area contributed by atoms with Gasteiger partial charge in [-0.3, -0.25) is 0 Å². The number of ether oxygens (including phenoxy) is 1. The van der Waals surface area contributed by atoms with Crippen LogP contribution in [0.5, 0.6) is 5.75 Å². The molecule has 2 aromatic rings. The molecule has 2 rings (SSSR count). The SMILES string of the molecule is CCOc1c(Br)cc(Br)cc1CNc1cc(F)ccc1F. The van der Waals surface area contributed by atoms with E-state index in [0.717, 1.165) is 32.7 Å². The second-order valence-corrected chi connectivity index (χ2v) is 6.06. The van der Waals surface area contributed by atoms with E-state index in [-0.39, 0.29) is 5.69 Å². The molecule has 0 unspecified atom stereocenters. The van der Waals surface area contributed by atoms with Crippen LogP contribution in [0.2, 0.25) is 0 Å². The van der Waals surface area contributed by atoms with Gasteiger partial charge in [-0.2, -0.15) is 0 Å². The van der Waals surface area contributed by atoms with Crippen molar-refractivity contribution in [3.05, 3.63) is 56.5 Å². The molecule has 0 aliphatic heterocycles. The lowest BCUT2D eigenvalue weighted by molar-refractivity contribution is 0.334. The third-order valence-corrected chi connectivity index (χ3v) is 3.82. The molecule has 0 spiro atoms. The third-order valence-electron chi connectivity index (χ3n) is 2.77. The summed E-state index contributed by atoms with van der Waals surface area (Å²) in [4.78, 5) is 0. The highest BCUT2D eigenvalue weighted by molar-refractivity contribution is 9.11. The lowest BCUT2D eigenvalue weighted by Crippen LogP contribution is -2.05. The molecule has 6 heteroatoms. The highest BCUT2D eigenvalue weighted by atomic mass is 79.9. The van der Waals surface area contributed by atoms with Gasteiger partial charge >= 0.3 is 0 Å². The highest BCUT2D eigenvalue weighted by Crippen LogP contribution is 2.33. The van der Waals surface area contributed by atoms with Crippen LogP contribution >= 0.6 is 31.9 Å². The van der Waals surface area contributed by atoms with Crippen molar-refractivity contribution in [3.63, 3.8) is 0 Å². The third kappa shape index (κ3) is 4.17. The van der Waals surface area contributed by atoms with Gasteiger partial charge < -0.3 is 10.1 Å². The molecule has 0 radical (unpaired) electrons. The first-order chi connectivity index (χ1) is 10.0. The van der Waals surface area contributed by atoms with E-state index in [0.29, 0.717) is 18.9 Å². The maximum Gasteiger partial charge on any atom is 0.146 e. The molecule has 2 aromatic carbocycles. The smallest absolute Gasteiger partial charge is 0.146 e. The molecule has 0 saturated carbocycles. The van der Waals surface area contributed by atoms with Gasteiger partial charge in [-0.15, -0.1) is 0 Å². The summed E-state index contributed by atoms with van der Waals surface area (Å²) in [5.74, 6) is -0.298. The second-order valence-electron chi connectivity index (χ2n) is 4.29. The number of rotatable bonds is 5. The van der Waals surface area contributed by atoms with Gasteiger partial charge in [0.1, 0.15) is 17.4 Å². The molecular weight excluding hydrogens is 408 g/mol. The molecule has 0 atom stereocenters. The van der Waals surface area contributed by atoms with Crippen LogP contribution in [0.3, 0.4) is 0 Å². The molecule has 2 nitrogen and oxygen atoms in total. The summed E-state index contributed by atoms with van der Waals surface area (Å²) in [5.41, 5.74) is 0.954. The number of hydrogen-bond donors (Lipinski definition) is 1. The molecule has 0 fully saturated rings. The van der Waals surface area contributed by atoms with Crippen molar-refractivity contribution in [2.75, 3.05) is 11.9 Å². The Bertz CT molecular complexity index is 650. The fraction of sp³-hybridized carbons (Fsp3) is 0.200. The fourth-order valence-electron chi connectivity index (χ4n) is 1.87. The molecule has 21 heavy (non-hydrogen) atoms. The summed E-state index contributed by atoms with van der Waals surface area (Å²) in [6, 6.07) is 7.06. The Labute approximate surface area is 138 Å². The van der Waals surface area contributed by atoms with Gasteiger partial charge in [0.05, 0.1) is 16.8 Å². The van der Waals surface area contributed by atoms with Gasteiger partial charge in [0.25, 0.3) is 0 Å². The molecule has 0 aliphatic rings. The van der Waals surface area contributed by atoms with Crippen molar-refractivity contribution >= 4 is 37.5 Å². The van der Waals surface area contributed by atoms with Gasteiger partial charge in [-0.1, -0.05) is 15.9 Å². The van der Waals surface area contributed by atoms with Crippen LogP contribution in [0.15, 0.2) is 39.3 Å². The summed E-state index contributed by atoms with van der Waals surface area (Å²) in [5, 5.41) is 2.89. The Morgan fingerprint density at radius 1 is 1.14 bits per heavy atom. The Hall–Kier alpha value is -1.14. The van der Waals surface area contributed by atoms with E-state index < -0.39 is 11.6 Å². The zero-order valence-corrected chi connectivity index (χ0v) is 14.4. The average Bonchev–Trinajstić information content (AvgIpc) is 2.43. The van der Waals surface area contributed by atoms with Crippen LogP contribution in [0.1, 0.15) is 12.5 Å². The highest BCUT2D eigenvalue weighted by Gasteiger charge is 2.11. The fourth-order valence-corrected chi connectivity index (χ4v) is 3.30. The van der Waals surface area contributed by atoms with Crippen molar-refractivity contribution in [2.45, 2.75) is 13.5 Å². The summed E-state index contributed by atoms with van der Waals surface area (Å²) in [6.07, 6.45) is 0. The number of hydrogen-bond acceptors (Lipinski definition) is 2. The first kappa shape index (κ1) is 16.2. The Balaban J connectivity index is 2.25. The van der Waals surface area contributed by atoms with Gasteiger partial charge in [-0.25, -0.2) is 8.78 Å². The molecule has 0 saturated heterocycles. The molecule has 0 aromatic heterocycles. The number of benzene rings is 2. The van der Waals surface area contributed by atoms with Crippen LogP contribution in [0.4, 0.5) is 14.5 Å². The summed E-state index contributed by atoms with van der Waals surface area (Å²) < 4.78 is 34.0. The maximum atomic E-state index is 13.6. The minimum atomic E-state index is -0.497. The predicted molar refractivity (Wildman–Crippen MR) is 86.7 cm³/mol. The van der Waals surface area contributed by atoms with Crippen molar-refractivity contribution in [3.8, 4) is 5.75 Å². The van der Waals surface area contributed by atoms with Crippen LogP contribution in [-0.2, 0) is 6.54 Å². The van der Waals surface area contributed by atoms with Gasteiger partial charge in [0, 0.05) is 16.6 Å². The molecule has 0 amide bonds. The minimum absolute atomic E-state index is 0.119. The molecule has 0 aliphatic carbocycles. The molecular formula is C15H13Br2F2NO. The Kier molecular flexibility index (Phi) is 5.58. The first-order valence-corrected chi connectivity index (χ1v) is 7.89.